The van der Waals surface area contributed by atoms with Crippen LogP contribution in [-0.4, -0.2) is 44.4 Å². The average molecular weight is 320 g/mol. The van der Waals surface area contributed by atoms with Gasteiger partial charge in [-0.05, 0) is 31.4 Å². The minimum atomic E-state index is 0. The number of halogens is 2. The number of ether oxygens (including phenoxy) is 2. The number of hydrogen-bond donors (Lipinski definition) is 0. The summed E-state index contributed by atoms with van der Waals surface area (Å²) in [6.07, 6.45) is 1.02. The fraction of sp³-hybridized carbons (Fsp3) is 0.600. The predicted molar refractivity (Wildman–Crippen MR) is 85.5 cm³/mol. The molecule has 1 saturated heterocycles. The summed E-state index contributed by atoms with van der Waals surface area (Å²) in [4.78, 5) is 2.41. The van der Waals surface area contributed by atoms with Gasteiger partial charge in [0.2, 0.25) is 0 Å². The summed E-state index contributed by atoms with van der Waals surface area (Å²) in [7, 11) is 0. The van der Waals surface area contributed by atoms with Gasteiger partial charge in [-0.2, -0.15) is 0 Å². The van der Waals surface area contributed by atoms with Crippen LogP contribution in [0.25, 0.3) is 0 Å². The molecular formula is C15H23Cl2NO2. The normalized spacial score (nSPS) is 15.8. The van der Waals surface area contributed by atoms with E-state index in [1.54, 1.807) is 0 Å². The molecule has 3 nitrogen and oxygen atoms in total. The fourth-order valence-corrected chi connectivity index (χ4v) is 2.48. The van der Waals surface area contributed by atoms with Gasteiger partial charge in [-0.15, -0.1) is 12.4 Å². The smallest absolute Gasteiger partial charge is 0.141 e. The van der Waals surface area contributed by atoms with Gasteiger partial charge >= 0.3 is 0 Å². The molecule has 0 atom stereocenters. The third-order valence-electron chi connectivity index (χ3n) is 3.46. The molecule has 1 aromatic carbocycles. The van der Waals surface area contributed by atoms with Crippen LogP contribution >= 0.6 is 24.0 Å². The van der Waals surface area contributed by atoms with Crippen LogP contribution in [0.15, 0.2) is 12.1 Å². The first-order valence-electron chi connectivity index (χ1n) is 6.87. The fourth-order valence-electron chi connectivity index (χ4n) is 2.22. The Bertz CT molecular complexity index is 421. The Balaban J connectivity index is 0.00000200. The van der Waals surface area contributed by atoms with Crippen LogP contribution < -0.4 is 4.74 Å². The Labute approximate surface area is 132 Å². The highest BCUT2D eigenvalue weighted by molar-refractivity contribution is 6.32. The van der Waals surface area contributed by atoms with E-state index in [0.717, 1.165) is 61.2 Å². The maximum Gasteiger partial charge on any atom is 0.141 e. The van der Waals surface area contributed by atoms with Crippen LogP contribution in [0.2, 0.25) is 5.02 Å². The summed E-state index contributed by atoms with van der Waals surface area (Å²) in [6, 6.07) is 4.08. The average Bonchev–Trinajstić information content (AvgIpc) is 2.43. The first-order chi connectivity index (χ1) is 9.18. The Hall–Kier alpha value is -0.480. The summed E-state index contributed by atoms with van der Waals surface area (Å²) >= 11 is 6.27. The van der Waals surface area contributed by atoms with E-state index in [0.29, 0.717) is 6.61 Å². The molecule has 1 heterocycles. The number of benzene rings is 1. The lowest BCUT2D eigenvalue weighted by atomic mass is 10.1. The van der Waals surface area contributed by atoms with Gasteiger partial charge in [0.1, 0.15) is 5.75 Å². The summed E-state index contributed by atoms with van der Waals surface area (Å²) in [5.41, 5.74) is 2.16. The van der Waals surface area contributed by atoms with E-state index in [1.807, 2.05) is 19.9 Å². The molecule has 0 radical (unpaired) electrons. The molecule has 2 rings (SSSR count). The summed E-state index contributed by atoms with van der Waals surface area (Å²) < 4.78 is 11.2. The van der Waals surface area contributed by atoms with E-state index in [2.05, 4.69) is 11.0 Å². The van der Waals surface area contributed by atoms with E-state index in [1.165, 1.54) is 0 Å². The third-order valence-corrected chi connectivity index (χ3v) is 3.93. The van der Waals surface area contributed by atoms with Crippen molar-refractivity contribution in [3.63, 3.8) is 0 Å². The van der Waals surface area contributed by atoms with E-state index in [-0.39, 0.29) is 12.4 Å². The molecule has 0 N–H and O–H groups in total. The zero-order chi connectivity index (χ0) is 13.7. The summed E-state index contributed by atoms with van der Waals surface area (Å²) in [5, 5.41) is 0.742. The van der Waals surface area contributed by atoms with E-state index < -0.39 is 0 Å². The van der Waals surface area contributed by atoms with Crippen molar-refractivity contribution in [2.45, 2.75) is 20.3 Å². The Kier molecular flexibility index (Phi) is 7.67. The van der Waals surface area contributed by atoms with Gasteiger partial charge in [0.25, 0.3) is 0 Å². The molecule has 0 bridgehead atoms. The van der Waals surface area contributed by atoms with Gasteiger partial charge in [0.15, 0.2) is 0 Å². The Morgan fingerprint density at radius 1 is 1.20 bits per heavy atom. The second-order valence-corrected chi connectivity index (χ2v) is 5.38. The van der Waals surface area contributed by atoms with Crippen LogP contribution in [0.5, 0.6) is 5.75 Å². The predicted octanol–water partition coefficient (Wildman–Crippen LogP) is 3.48. The number of hydrogen-bond acceptors (Lipinski definition) is 3. The number of aryl methyl sites for hydroxylation is 2. The van der Waals surface area contributed by atoms with Crippen molar-refractivity contribution >= 4 is 24.0 Å². The minimum absolute atomic E-state index is 0. The molecule has 0 spiro atoms. The van der Waals surface area contributed by atoms with Crippen molar-refractivity contribution in [1.82, 2.24) is 4.90 Å². The summed E-state index contributed by atoms with van der Waals surface area (Å²) in [6.45, 7) is 9.57. The van der Waals surface area contributed by atoms with E-state index in [4.69, 9.17) is 21.1 Å². The van der Waals surface area contributed by atoms with Crippen LogP contribution in [0.3, 0.4) is 0 Å². The van der Waals surface area contributed by atoms with Crippen LogP contribution in [0.4, 0.5) is 0 Å². The molecule has 5 heteroatoms. The first-order valence-corrected chi connectivity index (χ1v) is 7.25. The quantitative estimate of drug-likeness (QED) is 0.775. The molecule has 0 amide bonds. The molecule has 114 valence electrons. The minimum Gasteiger partial charge on any atom is -0.492 e. The van der Waals surface area contributed by atoms with Gasteiger partial charge in [-0.1, -0.05) is 23.7 Å². The highest BCUT2D eigenvalue weighted by atomic mass is 35.5. The molecule has 0 aliphatic carbocycles. The van der Waals surface area contributed by atoms with Crippen molar-refractivity contribution < 1.29 is 9.47 Å². The molecule has 1 aliphatic heterocycles. The monoisotopic (exact) mass is 319 g/mol. The Morgan fingerprint density at radius 3 is 2.55 bits per heavy atom. The van der Waals surface area contributed by atoms with Crippen LogP contribution in [-0.2, 0) is 4.74 Å². The van der Waals surface area contributed by atoms with E-state index >= 15 is 0 Å². The molecular weight excluding hydrogens is 297 g/mol. The lowest BCUT2D eigenvalue weighted by Gasteiger charge is -2.26. The molecule has 0 aromatic heterocycles. The Morgan fingerprint density at radius 2 is 1.85 bits per heavy atom. The third kappa shape index (κ3) is 4.81. The van der Waals surface area contributed by atoms with Gasteiger partial charge < -0.3 is 9.47 Å². The van der Waals surface area contributed by atoms with Crippen molar-refractivity contribution in [2.75, 3.05) is 39.5 Å². The molecule has 1 fully saturated rings. The van der Waals surface area contributed by atoms with Crippen LogP contribution in [0, 0.1) is 13.8 Å². The zero-order valence-corrected chi connectivity index (χ0v) is 13.7. The van der Waals surface area contributed by atoms with Gasteiger partial charge in [0.05, 0.1) is 24.8 Å². The standard InChI is InChI=1S/C15H22ClNO2.ClH/c1-12-4-5-13(2)15(14(12)16)19-9-3-6-17-7-10-18-11-8-17;/h4-5H,3,6-11H2,1-2H3;1H. The second kappa shape index (κ2) is 8.73. The lowest BCUT2D eigenvalue weighted by Crippen LogP contribution is -2.37. The number of morpholine rings is 1. The van der Waals surface area contributed by atoms with Crippen LogP contribution in [0.1, 0.15) is 17.5 Å². The lowest BCUT2D eigenvalue weighted by molar-refractivity contribution is 0.0358. The second-order valence-electron chi connectivity index (χ2n) is 5.00. The first kappa shape index (κ1) is 17.6. The zero-order valence-electron chi connectivity index (χ0n) is 12.2. The highest BCUT2D eigenvalue weighted by Gasteiger charge is 2.11. The summed E-state index contributed by atoms with van der Waals surface area (Å²) in [5.74, 6) is 0.837. The molecule has 0 saturated carbocycles. The van der Waals surface area contributed by atoms with Gasteiger partial charge in [-0.25, -0.2) is 0 Å². The molecule has 0 unspecified atom stereocenters. The number of nitrogens with zero attached hydrogens (tertiary/aromatic N) is 1. The molecule has 1 aliphatic rings. The number of rotatable bonds is 5. The maximum atomic E-state index is 6.27. The van der Waals surface area contributed by atoms with E-state index in [9.17, 15) is 0 Å². The van der Waals surface area contributed by atoms with Crippen molar-refractivity contribution in [1.29, 1.82) is 0 Å². The largest absolute Gasteiger partial charge is 0.492 e. The SMILES string of the molecule is Cc1ccc(C)c(OCCCN2CCOCC2)c1Cl.Cl. The van der Waals surface area contributed by atoms with Gasteiger partial charge in [-0.3, -0.25) is 4.90 Å². The van der Waals surface area contributed by atoms with Crippen molar-refractivity contribution in [3.8, 4) is 5.75 Å². The van der Waals surface area contributed by atoms with Crippen molar-refractivity contribution in [2.24, 2.45) is 0 Å². The molecule has 20 heavy (non-hydrogen) atoms. The van der Waals surface area contributed by atoms with Crippen molar-refractivity contribution in [3.05, 3.63) is 28.3 Å². The highest BCUT2D eigenvalue weighted by Crippen LogP contribution is 2.31. The maximum absolute atomic E-state index is 6.27. The molecule has 1 aromatic rings. The topological polar surface area (TPSA) is 21.7 Å². The van der Waals surface area contributed by atoms with Gasteiger partial charge in [0, 0.05) is 19.6 Å².